The molecular formula is C20H19N3OS. The highest BCUT2D eigenvalue weighted by Crippen LogP contribution is 2.28. The van der Waals surface area contributed by atoms with Crippen molar-refractivity contribution in [1.29, 1.82) is 0 Å². The second-order valence-electron chi connectivity index (χ2n) is 6.11. The van der Waals surface area contributed by atoms with Crippen LogP contribution in [0.1, 0.15) is 12.8 Å². The van der Waals surface area contributed by atoms with Crippen LogP contribution in [0.25, 0.3) is 22.3 Å². The normalized spacial score (nSPS) is 14.2. The summed E-state index contributed by atoms with van der Waals surface area (Å²) in [5.41, 5.74) is 1.90. The number of rotatable bonds is 4. The summed E-state index contributed by atoms with van der Waals surface area (Å²) in [5, 5.41) is 1.87. The molecule has 126 valence electrons. The van der Waals surface area contributed by atoms with Crippen LogP contribution in [0.5, 0.6) is 0 Å². The topological polar surface area (TPSA) is 46.1 Å². The molecule has 0 spiro atoms. The second kappa shape index (κ2) is 7.23. The maximum atomic E-state index is 12.4. The van der Waals surface area contributed by atoms with E-state index >= 15 is 0 Å². The van der Waals surface area contributed by atoms with Crippen molar-refractivity contribution >= 4 is 28.6 Å². The number of hydrogen-bond donors (Lipinski definition) is 0. The smallest absolute Gasteiger partial charge is 0.232 e. The number of para-hydroxylation sites is 1. The largest absolute Gasteiger partial charge is 0.342 e. The van der Waals surface area contributed by atoms with Gasteiger partial charge in [-0.1, -0.05) is 60.3 Å². The molecule has 0 N–H and O–H groups in total. The zero-order valence-corrected chi connectivity index (χ0v) is 14.7. The molecule has 2 aromatic carbocycles. The number of nitrogens with zero attached hydrogens (tertiary/aromatic N) is 3. The first-order valence-corrected chi connectivity index (χ1v) is 9.52. The van der Waals surface area contributed by atoms with Gasteiger partial charge in [0.05, 0.1) is 11.3 Å². The molecule has 3 aromatic rings. The monoisotopic (exact) mass is 349 g/mol. The summed E-state index contributed by atoms with van der Waals surface area (Å²) in [5.74, 6) is 1.33. The van der Waals surface area contributed by atoms with Gasteiger partial charge in [-0.25, -0.2) is 9.97 Å². The first kappa shape index (κ1) is 16.1. The van der Waals surface area contributed by atoms with Crippen molar-refractivity contribution in [3.63, 3.8) is 0 Å². The number of hydrogen-bond acceptors (Lipinski definition) is 4. The lowest BCUT2D eigenvalue weighted by Crippen LogP contribution is -2.29. The van der Waals surface area contributed by atoms with Gasteiger partial charge >= 0.3 is 0 Å². The lowest BCUT2D eigenvalue weighted by atomic mass is 10.2. The summed E-state index contributed by atoms with van der Waals surface area (Å²) in [6, 6.07) is 17.9. The van der Waals surface area contributed by atoms with Gasteiger partial charge in [0, 0.05) is 24.0 Å². The van der Waals surface area contributed by atoms with Crippen molar-refractivity contribution in [3.05, 3.63) is 54.6 Å². The Morgan fingerprint density at radius 3 is 2.48 bits per heavy atom. The minimum absolute atomic E-state index is 0.200. The van der Waals surface area contributed by atoms with E-state index < -0.39 is 0 Å². The molecule has 1 aliphatic rings. The van der Waals surface area contributed by atoms with Crippen molar-refractivity contribution < 1.29 is 4.79 Å². The zero-order valence-electron chi connectivity index (χ0n) is 13.9. The van der Waals surface area contributed by atoms with Crippen molar-refractivity contribution in [2.24, 2.45) is 0 Å². The molecule has 4 rings (SSSR count). The van der Waals surface area contributed by atoms with E-state index in [0.29, 0.717) is 11.6 Å². The molecule has 1 saturated heterocycles. The van der Waals surface area contributed by atoms with Gasteiger partial charge in [0.25, 0.3) is 0 Å². The fourth-order valence-corrected chi connectivity index (χ4v) is 3.98. The Kier molecular flexibility index (Phi) is 4.65. The molecule has 5 heteroatoms. The van der Waals surface area contributed by atoms with Gasteiger partial charge in [0.1, 0.15) is 5.03 Å². The average molecular weight is 349 g/mol. The van der Waals surface area contributed by atoms with E-state index in [2.05, 4.69) is 0 Å². The molecule has 0 aliphatic carbocycles. The molecule has 4 nitrogen and oxygen atoms in total. The molecule has 0 saturated carbocycles. The Balaban J connectivity index is 1.65. The molecule has 1 aromatic heterocycles. The van der Waals surface area contributed by atoms with Crippen LogP contribution in [0.4, 0.5) is 0 Å². The van der Waals surface area contributed by atoms with E-state index in [1.54, 1.807) is 0 Å². The van der Waals surface area contributed by atoms with E-state index in [-0.39, 0.29) is 5.91 Å². The number of amides is 1. The molecule has 0 unspecified atom stereocenters. The third-order valence-corrected chi connectivity index (χ3v) is 5.37. The van der Waals surface area contributed by atoms with Crippen LogP contribution in [0.2, 0.25) is 0 Å². The van der Waals surface area contributed by atoms with Crippen LogP contribution in [0, 0.1) is 0 Å². The third kappa shape index (κ3) is 3.51. The Morgan fingerprint density at radius 1 is 0.960 bits per heavy atom. The van der Waals surface area contributed by atoms with Crippen molar-refractivity contribution in [3.8, 4) is 11.4 Å². The van der Waals surface area contributed by atoms with Crippen molar-refractivity contribution in [2.45, 2.75) is 17.9 Å². The van der Waals surface area contributed by atoms with Crippen LogP contribution in [-0.4, -0.2) is 39.6 Å². The third-order valence-electron chi connectivity index (χ3n) is 4.39. The minimum atomic E-state index is 0.200. The van der Waals surface area contributed by atoms with Gasteiger partial charge < -0.3 is 4.90 Å². The Labute approximate surface area is 151 Å². The number of fused-ring (bicyclic) bond motifs is 1. The molecule has 1 fully saturated rings. The lowest BCUT2D eigenvalue weighted by molar-refractivity contribution is -0.127. The summed E-state index contributed by atoms with van der Waals surface area (Å²) in [7, 11) is 0. The zero-order chi connectivity index (χ0) is 17.1. The van der Waals surface area contributed by atoms with Gasteiger partial charge in [-0.2, -0.15) is 0 Å². The van der Waals surface area contributed by atoms with E-state index in [1.165, 1.54) is 11.8 Å². The first-order chi connectivity index (χ1) is 12.3. The van der Waals surface area contributed by atoms with Crippen molar-refractivity contribution in [1.82, 2.24) is 14.9 Å². The van der Waals surface area contributed by atoms with Crippen LogP contribution in [0.15, 0.2) is 59.6 Å². The van der Waals surface area contributed by atoms with Gasteiger partial charge in [0.2, 0.25) is 5.91 Å². The molecular weight excluding hydrogens is 330 g/mol. The highest BCUT2D eigenvalue weighted by molar-refractivity contribution is 8.00. The minimum Gasteiger partial charge on any atom is -0.342 e. The standard InChI is InChI=1S/C20H19N3OS/c24-18(23-12-6-7-13-23)14-25-20-16-10-4-5-11-17(16)21-19(22-20)15-8-2-1-3-9-15/h1-5,8-11H,6-7,12-14H2. The maximum absolute atomic E-state index is 12.4. The van der Waals surface area contributed by atoms with Crippen molar-refractivity contribution in [2.75, 3.05) is 18.8 Å². The molecule has 25 heavy (non-hydrogen) atoms. The molecule has 0 atom stereocenters. The summed E-state index contributed by atoms with van der Waals surface area (Å²) in [4.78, 5) is 23.8. The summed E-state index contributed by atoms with van der Waals surface area (Å²) in [6.07, 6.45) is 2.23. The summed E-state index contributed by atoms with van der Waals surface area (Å²) >= 11 is 1.51. The van der Waals surface area contributed by atoms with Gasteiger partial charge in [-0.3, -0.25) is 4.79 Å². The maximum Gasteiger partial charge on any atom is 0.232 e. The number of thioether (sulfide) groups is 1. The Hall–Kier alpha value is -2.40. The fourth-order valence-electron chi connectivity index (χ4n) is 3.06. The number of likely N-dealkylation sites (tertiary alicyclic amines) is 1. The SMILES string of the molecule is O=C(CSc1nc(-c2ccccc2)nc2ccccc12)N1CCCC1. The van der Waals surface area contributed by atoms with Crippen LogP contribution < -0.4 is 0 Å². The van der Waals surface area contributed by atoms with E-state index in [0.717, 1.165) is 47.4 Å². The quantitative estimate of drug-likeness (QED) is 0.527. The highest BCUT2D eigenvalue weighted by Gasteiger charge is 2.19. The molecule has 1 aliphatic heterocycles. The van der Waals surface area contributed by atoms with Crippen LogP contribution in [-0.2, 0) is 4.79 Å². The predicted molar refractivity (Wildman–Crippen MR) is 102 cm³/mol. The lowest BCUT2D eigenvalue weighted by Gasteiger charge is -2.15. The van der Waals surface area contributed by atoms with Crippen LogP contribution in [0.3, 0.4) is 0 Å². The predicted octanol–water partition coefficient (Wildman–Crippen LogP) is 4.01. The molecule has 2 heterocycles. The number of aromatic nitrogens is 2. The fraction of sp³-hybridized carbons (Fsp3) is 0.250. The van der Waals surface area contributed by atoms with Crippen LogP contribution >= 0.6 is 11.8 Å². The summed E-state index contributed by atoms with van der Waals surface area (Å²) < 4.78 is 0. The van der Waals surface area contributed by atoms with Gasteiger partial charge in [-0.15, -0.1) is 0 Å². The first-order valence-electron chi connectivity index (χ1n) is 8.54. The van der Waals surface area contributed by atoms with E-state index in [1.807, 2.05) is 59.5 Å². The Morgan fingerprint density at radius 2 is 1.68 bits per heavy atom. The number of benzene rings is 2. The van der Waals surface area contributed by atoms with Gasteiger partial charge in [0.15, 0.2) is 5.82 Å². The molecule has 0 radical (unpaired) electrons. The second-order valence-corrected chi connectivity index (χ2v) is 7.08. The summed E-state index contributed by atoms with van der Waals surface area (Å²) in [6.45, 7) is 1.78. The van der Waals surface area contributed by atoms with E-state index in [9.17, 15) is 4.79 Å². The molecule has 0 bridgehead atoms. The number of carbonyl (C=O) groups is 1. The highest BCUT2D eigenvalue weighted by atomic mass is 32.2. The molecule has 1 amide bonds. The van der Waals surface area contributed by atoms with E-state index in [4.69, 9.17) is 9.97 Å². The number of carbonyl (C=O) groups excluding carboxylic acids is 1. The Bertz CT molecular complexity index is 892. The van der Waals surface area contributed by atoms with Gasteiger partial charge in [-0.05, 0) is 18.9 Å². The average Bonchev–Trinajstić information content (AvgIpc) is 3.21.